The summed E-state index contributed by atoms with van der Waals surface area (Å²) in [5.74, 6) is 0.192. The number of carbonyl (C=O) groups excluding carboxylic acids is 2. The topological polar surface area (TPSA) is 69.0 Å². The maximum atomic E-state index is 12.6. The van der Waals surface area contributed by atoms with Crippen LogP contribution in [0, 0.1) is 0 Å². The predicted molar refractivity (Wildman–Crippen MR) is 96.5 cm³/mol. The molecule has 2 atom stereocenters. The average Bonchev–Trinajstić information content (AvgIpc) is 3.15. The van der Waals surface area contributed by atoms with E-state index >= 15 is 0 Å². The number of allylic oxidation sites excluding steroid dienone is 1. The summed E-state index contributed by atoms with van der Waals surface area (Å²) in [6, 6.07) is 5.73. The molecular formula is C18H27NO5Si. The van der Waals surface area contributed by atoms with E-state index in [1.807, 2.05) is 6.92 Å². The minimum Gasteiger partial charge on any atom is -0.467 e. The van der Waals surface area contributed by atoms with Crippen LogP contribution in [-0.2, 0) is 14.0 Å². The van der Waals surface area contributed by atoms with Crippen molar-refractivity contribution >= 4 is 20.3 Å². The quantitative estimate of drug-likeness (QED) is 0.391. The Hall–Kier alpha value is -1.86. The van der Waals surface area contributed by atoms with Crippen LogP contribution >= 0.6 is 0 Å². The molecule has 0 spiro atoms. The van der Waals surface area contributed by atoms with Gasteiger partial charge in [-0.3, -0.25) is 4.79 Å². The molecule has 7 heteroatoms. The molecule has 0 aliphatic carbocycles. The van der Waals surface area contributed by atoms with Crippen LogP contribution in [0.3, 0.4) is 0 Å². The van der Waals surface area contributed by atoms with E-state index in [1.165, 1.54) is 6.26 Å². The third kappa shape index (κ3) is 3.87. The van der Waals surface area contributed by atoms with Gasteiger partial charge in [-0.25, -0.2) is 9.69 Å². The van der Waals surface area contributed by atoms with Crippen LogP contribution in [0.1, 0.15) is 39.5 Å². The highest BCUT2D eigenvalue weighted by molar-refractivity contribution is 6.73. The van der Waals surface area contributed by atoms with Gasteiger partial charge in [0.15, 0.2) is 14.4 Å². The monoisotopic (exact) mass is 365 g/mol. The Balaban J connectivity index is 2.20. The van der Waals surface area contributed by atoms with Gasteiger partial charge < -0.3 is 13.6 Å². The van der Waals surface area contributed by atoms with Crippen LogP contribution in [-0.4, -0.2) is 37.9 Å². The lowest BCUT2D eigenvalue weighted by atomic mass is 9.96. The number of β-lactam (4-membered cyclic amide) rings is 1. The molecule has 0 saturated carbocycles. The first-order chi connectivity index (χ1) is 12.0. The molecule has 0 bridgehead atoms. The summed E-state index contributed by atoms with van der Waals surface area (Å²) in [5, 5.41) is 0. The number of likely N-dealkylation sites (tertiary alicyclic amines) is 1. The molecule has 1 fully saturated rings. The zero-order chi connectivity index (χ0) is 18.4. The zero-order valence-electron chi connectivity index (χ0n) is 15.4. The third-order valence-corrected chi connectivity index (χ3v) is 9.55. The summed E-state index contributed by atoms with van der Waals surface area (Å²) in [7, 11) is -1.99. The molecule has 2 rings (SSSR count). The Labute approximate surface area is 149 Å². The highest BCUT2D eigenvalue weighted by Crippen LogP contribution is 2.41. The summed E-state index contributed by atoms with van der Waals surface area (Å²) in [6.07, 6.45) is 3.68. The van der Waals surface area contributed by atoms with Crippen molar-refractivity contribution in [1.82, 2.24) is 4.90 Å². The number of ether oxygens (including phenoxy) is 1. The molecule has 25 heavy (non-hydrogen) atoms. The molecule has 2 heterocycles. The molecule has 2 unspecified atom stereocenters. The van der Waals surface area contributed by atoms with Gasteiger partial charge in [0.25, 0.3) is 5.91 Å². The Morgan fingerprint density at radius 2 is 2.00 bits per heavy atom. The van der Waals surface area contributed by atoms with Crippen molar-refractivity contribution in [3.63, 3.8) is 0 Å². The number of imide groups is 1. The van der Waals surface area contributed by atoms with Gasteiger partial charge in [0.1, 0.15) is 18.4 Å². The average molecular weight is 366 g/mol. The van der Waals surface area contributed by atoms with Crippen LogP contribution < -0.4 is 0 Å². The molecule has 1 saturated heterocycles. The third-order valence-electron chi connectivity index (χ3n) is 4.93. The smallest absolute Gasteiger partial charge is 0.417 e. The van der Waals surface area contributed by atoms with Crippen molar-refractivity contribution in [2.75, 3.05) is 6.61 Å². The van der Waals surface area contributed by atoms with Crippen LogP contribution in [0.15, 0.2) is 35.0 Å². The van der Waals surface area contributed by atoms with Crippen molar-refractivity contribution in [3.05, 3.63) is 36.3 Å². The van der Waals surface area contributed by atoms with E-state index in [-0.39, 0.29) is 12.5 Å². The highest BCUT2D eigenvalue weighted by atomic mass is 28.4. The van der Waals surface area contributed by atoms with E-state index in [1.54, 1.807) is 24.3 Å². The molecule has 1 aliphatic rings. The number of nitrogens with zero attached hydrogens (tertiary/aromatic N) is 1. The zero-order valence-corrected chi connectivity index (χ0v) is 16.4. The lowest BCUT2D eigenvalue weighted by molar-refractivity contribution is -0.162. The van der Waals surface area contributed by atoms with E-state index in [0.717, 1.165) is 23.0 Å². The van der Waals surface area contributed by atoms with E-state index in [0.29, 0.717) is 5.76 Å². The van der Waals surface area contributed by atoms with Crippen LogP contribution in [0.25, 0.3) is 0 Å². The van der Waals surface area contributed by atoms with Crippen LogP contribution in [0.4, 0.5) is 4.79 Å². The molecule has 6 nitrogen and oxygen atoms in total. The Morgan fingerprint density at radius 1 is 1.32 bits per heavy atom. The normalized spacial score (nSPS) is 20.8. The molecule has 0 radical (unpaired) electrons. The fraction of sp³-hybridized carbons (Fsp3) is 0.556. The first kappa shape index (κ1) is 19.5. The van der Waals surface area contributed by atoms with Crippen LogP contribution in [0.2, 0.25) is 18.1 Å². The van der Waals surface area contributed by atoms with Crippen molar-refractivity contribution in [1.29, 1.82) is 0 Å². The minimum absolute atomic E-state index is 0.132. The summed E-state index contributed by atoms with van der Waals surface area (Å²) in [6.45, 7) is 8.28. The van der Waals surface area contributed by atoms with Gasteiger partial charge in [-0.15, -0.1) is 0 Å². The second-order valence-electron chi connectivity index (χ2n) is 6.10. The number of amides is 2. The van der Waals surface area contributed by atoms with Crippen LogP contribution in [0.5, 0.6) is 0 Å². The molecule has 1 aliphatic heterocycles. The van der Waals surface area contributed by atoms with E-state index in [9.17, 15) is 9.59 Å². The van der Waals surface area contributed by atoms with Gasteiger partial charge in [-0.2, -0.15) is 0 Å². The second-order valence-corrected chi connectivity index (χ2v) is 10.8. The predicted octanol–water partition coefficient (Wildman–Crippen LogP) is 4.27. The highest BCUT2D eigenvalue weighted by Gasteiger charge is 2.56. The van der Waals surface area contributed by atoms with Gasteiger partial charge in [0.05, 0.1) is 6.26 Å². The first-order valence-corrected chi connectivity index (χ1v) is 11.4. The number of carbonyl (C=O) groups is 2. The second kappa shape index (κ2) is 8.49. The maximum absolute atomic E-state index is 12.6. The summed E-state index contributed by atoms with van der Waals surface area (Å²) in [4.78, 5) is 26.0. The molecule has 1 aromatic rings. The molecule has 2 amide bonds. The number of hydrogen-bond donors (Lipinski definition) is 0. The molecular weight excluding hydrogens is 338 g/mol. The van der Waals surface area contributed by atoms with Crippen molar-refractivity contribution in [2.45, 2.75) is 58.0 Å². The van der Waals surface area contributed by atoms with Gasteiger partial charge in [0, 0.05) is 0 Å². The summed E-state index contributed by atoms with van der Waals surface area (Å²) < 4.78 is 16.9. The van der Waals surface area contributed by atoms with E-state index < -0.39 is 26.6 Å². The molecule has 1 aromatic heterocycles. The maximum Gasteiger partial charge on any atom is 0.417 e. The molecule has 0 aromatic carbocycles. The molecule has 0 N–H and O–H groups in total. The van der Waals surface area contributed by atoms with Crippen molar-refractivity contribution in [2.24, 2.45) is 0 Å². The fourth-order valence-electron chi connectivity index (χ4n) is 3.07. The first-order valence-electron chi connectivity index (χ1n) is 8.85. The number of rotatable bonds is 8. The molecule has 138 valence electrons. The van der Waals surface area contributed by atoms with Gasteiger partial charge in [-0.05, 0) is 37.2 Å². The fourth-order valence-corrected chi connectivity index (χ4v) is 5.84. The Kier molecular flexibility index (Phi) is 6.61. The van der Waals surface area contributed by atoms with E-state index in [4.69, 9.17) is 13.6 Å². The van der Waals surface area contributed by atoms with E-state index in [2.05, 4.69) is 20.8 Å². The number of furan rings is 1. The Bertz CT molecular complexity index is 601. The summed E-state index contributed by atoms with van der Waals surface area (Å²) in [5.41, 5.74) is 0. The summed E-state index contributed by atoms with van der Waals surface area (Å²) >= 11 is 0. The minimum atomic E-state index is -1.99. The Morgan fingerprint density at radius 3 is 2.52 bits per heavy atom. The lowest BCUT2D eigenvalue weighted by Crippen LogP contribution is -2.64. The largest absolute Gasteiger partial charge is 0.467 e. The van der Waals surface area contributed by atoms with Gasteiger partial charge in [0.2, 0.25) is 0 Å². The van der Waals surface area contributed by atoms with Crippen molar-refractivity contribution < 1.29 is 23.2 Å². The SMILES string of the molecule is CC=CCOC(=O)N1C(=O)C(O[Si](CC)(CC)CC)C1c1ccco1. The van der Waals surface area contributed by atoms with Crippen molar-refractivity contribution in [3.8, 4) is 0 Å². The standard InChI is InChI=1S/C18H27NO5Si/c1-5-9-12-23-18(21)19-15(14-11-10-13-22-14)16(17(19)20)24-25(6-2,7-3)8-4/h5,9-11,13,15-16H,6-8,12H2,1-4H3. The van der Waals surface area contributed by atoms with Gasteiger partial charge in [-0.1, -0.05) is 32.9 Å². The van der Waals surface area contributed by atoms with Gasteiger partial charge >= 0.3 is 6.09 Å². The lowest BCUT2D eigenvalue weighted by Gasteiger charge is -2.46. The number of hydrogen-bond acceptors (Lipinski definition) is 5.